The van der Waals surface area contributed by atoms with Gasteiger partial charge in [0.25, 0.3) is 5.91 Å². The van der Waals surface area contributed by atoms with E-state index in [2.05, 4.69) is 14.7 Å². The number of imidazole rings is 1. The standard InChI is InChI=1S/C35H43N5O7/c1-24-29(25(2)47-37-24)23-31(41)38-15-6-7-16-40(35(42)28-12-13-30(43-3)33(45-5)32(28)44-4)20-21-46-27-11-8-10-26(22-27)34-36-14-19-39(34)18-9-17-38/h8,10-14,19,22H,6-7,9,15-18,20-21,23H2,1-5H3. The van der Waals surface area contributed by atoms with Crippen LogP contribution in [0, 0.1) is 13.8 Å². The van der Waals surface area contributed by atoms with E-state index in [-0.39, 0.29) is 24.8 Å². The summed E-state index contributed by atoms with van der Waals surface area (Å²) in [5.41, 5.74) is 2.84. The highest BCUT2D eigenvalue weighted by atomic mass is 16.5. The number of carbonyl (C=O) groups excluding carboxylic acids is 2. The number of ether oxygens (including phenoxy) is 4. The fourth-order valence-corrected chi connectivity index (χ4v) is 5.92. The van der Waals surface area contributed by atoms with Gasteiger partial charge in [-0.2, -0.15) is 0 Å². The predicted molar refractivity (Wildman–Crippen MR) is 175 cm³/mol. The number of aromatic nitrogens is 3. The zero-order valence-electron chi connectivity index (χ0n) is 27.8. The van der Waals surface area contributed by atoms with Crippen molar-refractivity contribution in [3.63, 3.8) is 0 Å². The van der Waals surface area contributed by atoms with Crippen molar-refractivity contribution in [2.24, 2.45) is 0 Å². The van der Waals surface area contributed by atoms with Crippen molar-refractivity contribution in [2.45, 2.75) is 46.1 Å². The topological polar surface area (TPSA) is 121 Å². The first kappa shape index (κ1) is 33.4. The van der Waals surface area contributed by atoms with E-state index in [1.165, 1.54) is 21.3 Å². The zero-order valence-corrected chi connectivity index (χ0v) is 27.8. The highest BCUT2D eigenvalue weighted by Crippen LogP contribution is 2.40. The van der Waals surface area contributed by atoms with Crippen molar-refractivity contribution in [3.8, 4) is 34.4 Å². The second kappa shape index (κ2) is 15.5. The van der Waals surface area contributed by atoms with Gasteiger partial charge in [-0.1, -0.05) is 17.3 Å². The second-order valence-corrected chi connectivity index (χ2v) is 11.4. The van der Waals surface area contributed by atoms with E-state index >= 15 is 0 Å². The van der Waals surface area contributed by atoms with Crippen LogP contribution < -0.4 is 18.9 Å². The minimum absolute atomic E-state index is 0.0206. The van der Waals surface area contributed by atoms with Crippen molar-refractivity contribution in [1.29, 1.82) is 0 Å². The summed E-state index contributed by atoms with van der Waals surface area (Å²) < 4.78 is 30.2. The van der Waals surface area contributed by atoms with Crippen LogP contribution in [0.3, 0.4) is 0 Å². The molecular formula is C35H43N5O7. The van der Waals surface area contributed by atoms with Crippen LogP contribution in [0.25, 0.3) is 11.4 Å². The van der Waals surface area contributed by atoms with Crippen LogP contribution in [-0.2, 0) is 17.8 Å². The smallest absolute Gasteiger partial charge is 0.257 e. The number of benzene rings is 2. The first-order chi connectivity index (χ1) is 22.8. The van der Waals surface area contributed by atoms with Crippen molar-refractivity contribution < 1.29 is 33.1 Å². The van der Waals surface area contributed by atoms with Gasteiger partial charge in [-0.15, -0.1) is 0 Å². The summed E-state index contributed by atoms with van der Waals surface area (Å²) in [7, 11) is 4.55. The van der Waals surface area contributed by atoms with Crippen LogP contribution in [0.2, 0.25) is 0 Å². The summed E-state index contributed by atoms with van der Waals surface area (Å²) in [5, 5.41) is 4.03. The number of fused-ring (bicyclic) bond motifs is 4. The molecule has 3 heterocycles. The first-order valence-electron chi connectivity index (χ1n) is 15.9. The molecule has 250 valence electrons. The monoisotopic (exact) mass is 645 g/mol. The Balaban J connectivity index is 1.41. The highest BCUT2D eigenvalue weighted by Gasteiger charge is 2.25. The number of nitrogens with zero attached hydrogens (tertiary/aromatic N) is 5. The number of carbonyl (C=O) groups is 2. The number of amides is 2. The summed E-state index contributed by atoms with van der Waals surface area (Å²) in [6.07, 6.45) is 6.10. The Bertz CT molecular complexity index is 1660. The maximum Gasteiger partial charge on any atom is 0.257 e. The molecule has 1 aliphatic heterocycles. The molecule has 2 aromatic carbocycles. The minimum Gasteiger partial charge on any atom is -0.493 e. The number of aryl methyl sites for hydroxylation is 3. The fraction of sp³-hybridized carbons (Fsp3) is 0.429. The van der Waals surface area contributed by atoms with Gasteiger partial charge in [-0.3, -0.25) is 9.59 Å². The van der Waals surface area contributed by atoms with Crippen LogP contribution in [0.1, 0.15) is 46.6 Å². The average Bonchev–Trinajstić information content (AvgIpc) is 3.68. The van der Waals surface area contributed by atoms with Gasteiger partial charge in [0.15, 0.2) is 11.5 Å². The van der Waals surface area contributed by atoms with E-state index in [0.717, 1.165) is 29.1 Å². The lowest BCUT2D eigenvalue weighted by Crippen LogP contribution is -2.37. The molecule has 0 aliphatic carbocycles. The average molecular weight is 646 g/mol. The Morgan fingerprint density at radius 3 is 2.36 bits per heavy atom. The molecular weight excluding hydrogens is 602 g/mol. The van der Waals surface area contributed by atoms with Gasteiger partial charge in [0.1, 0.15) is 23.9 Å². The highest BCUT2D eigenvalue weighted by molar-refractivity contribution is 5.98. The number of rotatable bonds is 6. The third kappa shape index (κ3) is 7.70. The lowest BCUT2D eigenvalue weighted by molar-refractivity contribution is -0.130. The molecule has 1 aliphatic rings. The number of hydrogen-bond donors (Lipinski definition) is 0. The third-order valence-corrected chi connectivity index (χ3v) is 8.45. The Labute approximate surface area is 275 Å². The van der Waals surface area contributed by atoms with E-state index in [9.17, 15) is 9.59 Å². The molecule has 12 heteroatoms. The quantitative estimate of drug-likeness (QED) is 0.287. The van der Waals surface area contributed by atoms with E-state index in [4.69, 9.17) is 23.5 Å². The molecule has 47 heavy (non-hydrogen) atoms. The molecule has 5 rings (SSSR count). The van der Waals surface area contributed by atoms with E-state index in [1.807, 2.05) is 49.2 Å². The summed E-state index contributed by atoms with van der Waals surface area (Å²) in [4.78, 5) is 35.9. The summed E-state index contributed by atoms with van der Waals surface area (Å²) in [6.45, 7) is 6.59. The number of methoxy groups -OCH3 is 3. The maximum absolute atomic E-state index is 14.0. The van der Waals surface area contributed by atoms with Crippen LogP contribution in [0.4, 0.5) is 0 Å². The van der Waals surface area contributed by atoms with Crippen LogP contribution in [-0.4, -0.2) is 90.4 Å². The molecule has 2 bridgehead atoms. The first-order valence-corrected chi connectivity index (χ1v) is 15.9. The molecule has 0 fully saturated rings. The zero-order chi connectivity index (χ0) is 33.3. The van der Waals surface area contributed by atoms with Gasteiger partial charge < -0.3 is 37.8 Å². The Morgan fingerprint density at radius 1 is 0.872 bits per heavy atom. The van der Waals surface area contributed by atoms with Crippen molar-refractivity contribution in [1.82, 2.24) is 24.5 Å². The minimum atomic E-state index is -0.216. The Morgan fingerprint density at radius 2 is 1.64 bits per heavy atom. The summed E-state index contributed by atoms with van der Waals surface area (Å²) in [5.74, 6) is 3.10. The molecule has 0 saturated heterocycles. The maximum atomic E-state index is 14.0. The summed E-state index contributed by atoms with van der Waals surface area (Å²) in [6, 6.07) is 11.2. The molecule has 12 nitrogen and oxygen atoms in total. The summed E-state index contributed by atoms with van der Waals surface area (Å²) >= 11 is 0. The molecule has 0 N–H and O–H groups in total. The molecule has 0 unspecified atom stereocenters. The van der Waals surface area contributed by atoms with Gasteiger partial charge in [0.05, 0.1) is 45.6 Å². The second-order valence-electron chi connectivity index (χ2n) is 11.4. The molecule has 0 atom stereocenters. The molecule has 2 aromatic heterocycles. The Kier molecular flexibility index (Phi) is 11.0. The number of hydrogen-bond acceptors (Lipinski definition) is 9. The van der Waals surface area contributed by atoms with Gasteiger partial charge in [-0.25, -0.2) is 4.98 Å². The van der Waals surface area contributed by atoms with Crippen LogP contribution in [0.5, 0.6) is 23.0 Å². The largest absolute Gasteiger partial charge is 0.493 e. The molecule has 4 aromatic rings. The normalized spacial score (nSPS) is 14.5. The van der Waals surface area contributed by atoms with Crippen molar-refractivity contribution in [3.05, 3.63) is 71.4 Å². The Hall–Kier alpha value is -5.00. The van der Waals surface area contributed by atoms with Crippen LogP contribution >= 0.6 is 0 Å². The van der Waals surface area contributed by atoms with Gasteiger partial charge in [0, 0.05) is 49.7 Å². The van der Waals surface area contributed by atoms with E-state index < -0.39 is 0 Å². The molecule has 0 radical (unpaired) electrons. The van der Waals surface area contributed by atoms with Crippen molar-refractivity contribution >= 4 is 11.8 Å². The predicted octanol–water partition coefficient (Wildman–Crippen LogP) is 4.96. The van der Waals surface area contributed by atoms with Crippen LogP contribution in [0.15, 0.2) is 53.3 Å². The molecule has 0 spiro atoms. The van der Waals surface area contributed by atoms with Gasteiger partial charge in [0.2, 0.25) is 11.7 Å². The molecule has 0 saturated carbocycles. The fourth-order valence-electron chi connectivity index (χ4n) is 5.92. The lowest BCUT2D eigenvalue weighted by atomic mass is 10.1. The van der Waals surface area contributed by atoms with Gasteiger partial charge >= 0.3 is 0 Å². The van der Waals surface area contributed by atoms with E-state index in [0.29, 0.717) is 79.9 Å². The lowest BCUT2D eigenvalue weighted by Gasteiger charge is -2.26. The SMILES string of the molecule is COc1ccc(C(=O)N2CCCCN(C(=O)Cc3c(C)noc3C)CCCn3ccnc3-c3cccc(c3)OCC2)c(OC)c1OC. The van der Waals surface area contributed by atoms with E-state index in [1.54, 1.807) is 23.2 Å². The molecule has 2 amide bonds. The van der Waals surface area contributed by atoms with Crippen molar-refractivity contribution in [2.75, 3.05) is 54.1 Å². The van der Waals surface area contributed by atoms with Gasteiger partial charge in [-0.05, 0) is 57.4 Å². The third-order valence-electron chi connectivity index (χ3n) is 8.45.